The Hall–Kier alpha value is -1.55. The van der Waals surface area contributed by atoms with Crippen LogP contribution in [0, 0.1) is 0 Å². The van der Waals surface area contributed by atoms with E-state index >= 15 is 0 Å². The Bertz CT molecular complexity index is 414. The van der Waals surface area contributed by atoms with Crippen molar-refractivity contribution in [1.29, 1.82) is 0 Å². The van der Waals surface area contributed by atoms with Crippen LogP contribution in [0.1, 0.15) is 31.4 Å². The summed E-state index contributed by atoms with van der Waals surface area (Å²) in [5.74, 6) is 0.885. The molecule has 2 rings (SSSR count). The monoisotopic (exact) mass is 248 g/mol. The van der Waals surface area contributed by atoms with E-state index in [1.807, 2.05) is 31.2 Å². The van der Waals surface area contributed by atoms with Crippen LogP contribution in [0.4, 0.5) is 0 Å². The molecule has 4 nitrogen and oxygen atoms in total. The molecule has 1 heterocycles. The molecule has 0 spiro atoms. The number of carbonyl (C=O) groups is 1. The summed E-state index contributed by atoms with van der Waals surface area (Å²) < 4.78 is 5.31. The van der Waals surface area contributed by atoms with Gasteiger partial charge in [0.25, 0.3) is 0 Å². The lowest BCUT2D eigenvalue weighted by molar-refractivity contribution is -0.123. The van der Waals surface area contributed by atoms with Crippen LogP contribution in [0.25, 0.3) is 0 Å². The second-order valence-electron chi connectivity index (χ2n) is 4.62. The fourth-order valence-corrected chi connectivity index (χ4v) is 2.32. The Morgan fingerprint density at radius 3 is 2.94 bits per heavy atom. The molecule has 1 aliphatic heterocycles. The normalized spacial score (nSPS) is 20.4. The van der Waals surface area contributed by atoms with E-state index in [4.69, 9.17) is 4.74 Å². The summed E-state index contributed by atoms with van der Waals surface area (Å²) >= 11 is 0. The van der Waals surface area contributed by atoms with Gasteiger partial charge in [0.15, 0.2) is 0 Å². The molecule has 2 N–H and O–H groups in total. The predicted octanol–water partition coefficient (Wildman–Crippen LogP) is 1.62. The summed E-state index contributed by atoms with van der Waals surface area (Å²) in [4.78, 5) is 12.0. The number of carbonyl (C=O) groups excluding carboxylic acids is 1. The van der Waals surface area contributed by atoms with Crippen molar-refractivity contribution in [2.24, 2.45) is 0 Å². The number of benzene rings is 1. The highest BCUT2D eigenvalue weighted by Gasteiger charge is 2.23. The summed E-state index contributed by atoms with van der Waals surface area (Å²) in [7, 11) is 1.64. The van der Waals surface area contributed by atoms with E-state index in [1.165, 1.54) is 0 Å². The minimum atomic E-state index is -0.0453. The Morgan fingerprint density at radius 1 is 1.50 bits per heavy atom. The average Bonchev–Trinajstić information content (AvgIpc) is 2.92. The lowest BCUT2D eigenvalue weighted by Crippen LogP contribution is -2.41. The Morgan fingerprint density at radius 2 is 2.28 bits per heavy atom. The molecule has 1 saturated heterocycles. The first-order chi connectivity index (χ1) is 8.72. The van der Waals surface area contributed by atoms with Crippen LogP contribution in [0.5, 0.6) is 5.75 Å². The molecule has 1 fully saturated rings. The summed E-state index contributed by atoms with van der Waals surface area (Å²) in [5.41, 5.74) is 1.01. The predicted molar refractivity (Wildman–Crippen MR) is 70.6 cm³/mol. The molecule has 0 bridgehead atoms. The van der Waals surface area contributed by atoms with E-state index in [1.54, 1.807) is 7.11 Å². The molecule has 0 saturated carbocycles. The second kappa shape index (κ2) is 5.87. The van der Waals surface area contributed by atoms with Crippen LogP contribution in [0.15, 0.2) is 24.3 Å². The van der Waals surface area contributed by atoms with E-state index in [0.717, 1.165) is 30.7 Å². The molecule has 0 radical (unpaired) electrons. The number of rotatable bonds is 4. The third kappa shape index (κ3) is 2.82. The number of ether oxygens (including phenoxy) is 1. The molecule has 0 aromatic heterocycles. The molecule has 1 aromatic rings. The molecule has 4 heteroatoms. The largest absolute Gasteiger partial charge is 0.496 e. The van der Waals surface area contributed by atoms with Crippen molar-refractivity contribution in [2.45, 2.75) is 31.8 Å². The zero-order valence-corrected chi connectivity index (χ0v) is 10.9. The van der Waals surface area contributed by atoms with Crippen molar-refractivity contribution in [3.63, 3.8) is 0 Å². The second-order valence-corrected chi connectivity index (χ2v) is 4.62. The number of hydrogen-bond acceptors (Lipinski definition) is 3. The highest BCUT2D eigenvalue weighted by Crippen LogP contribution is 2.24. The van der Waals surface area contributed by atoms with E-state index in [0.29, 0.717) is 0 Å². The summed E-state index contributed by atoms with van der Waals surface area (Å²) in [6, 6.07) is 7.68. The van der Waals surface area contributed by atoms with E-state index in [-0.39, 0.29) is 18.0 Å². The van der Waals surface area contributed by atoms with Crippen molar-refractivity contribution < 1.29 is 9.53 Å². The minimum absolute atomic E-state index is 0.0397. The van der Waals surface area contributed by atoms with Gasteiger partial charge in [-0.3, -0.25) is 4.79 Å². The van der Waals surface area contributed by atoms with Crippen LogP contribution in [-0.4, -0.2) is 25.6 Å². The molecular formula is C14H20N2O2. The first kappa shape index (κ1) is 12.9. The number of nitrogens with one attached hydrogen (secondary N) is 2. The van der Waals surface area contributed by atoms with Crippen LogP contribution in [0.2, 0.25) is 0 Å². The highest BCUT2D eigenvalue weighted by atomic mass is 16.5. The maximum absolute atomic E-state index is 12.0. The van der Waals surface area contributed by atoms with Crippen molar-refractivity contribution >= 4 is 5.91 Å². The van der Waals surface area contributed by atoms with Crippen molar-refractivity contribution in [3.05, 3.63) is 29.8 Å². The summed E-state index contributed by atoms with van der Waals surface area (Å²) in [6.45, 7) is 2.91. The third-order valence-corrected chi connectivity index (χ3v) is 3.34. The van der Waals surface area contributed by atoms with Gasteiger partial charge < -0.3 is 15.4 Å². The molecule has 1 aromatic carbocycles. The maximum atomic E-state index is 12.0. The molecule has 0 aliphatic carbocycles. The summed E-state index contributed by atoms with van der Waals surface area (Å²) in [5, 5.41) is 6.23. The fraction of sp³-hybridized carbons (Fsp3) is 0.500. The molecule has 18 heavy (non-hydrogen) atoms. The van der Waals surface area contributed by atoms with Gasteiger partial charge in [0.05, 0.1) is 19.2 Å². The van der Waals surface area contributed by atoms with Gasteiger partial charge in [0, 0.05) is 5.56 Å². The quantitative estimate of drug-likeness (QED) is 0.851. The molecule has 98 valence electrons. The molecule has 2 atom stereocenters. The average molecular weight is 248 g/mol. The van der Waals surface area contributed by atoms with Crippen molar-refractivity contribution in [3.8, 4) is 5.75 Å². The molecule has 1 aliphatic rings. The SMILES string of the molecule is COc1ccccc1[C@@H](C)NC(=O)C1CCCN1. The van der Waals surface area contributed by atoms with E-state index < -0.39 is 0 Å². The van der Waals surface area contributed by atoms with Crippen LogP contribution in [-0.2, 0) is 4.79 Å². The lowest BCUT2D eigenvalue weighted by Gasteiger charge is -2.19. The van der Waals surface area contributed by atoms with E-state index in [2.05, 4.69) is 10.6 Å². The zero-order valence-electron chi connectivity index (χ0n) is 10.9. The van der Waals surface area contributed by atoms with Gasteiger partial charge in [0.2, 0.25) is 5.91 Å². The number of amides is 1. The topological polar surface area (TPSA) is 50.4 Å². The fourth-order valence-electron chi connectivity index (χ4n) is 2.32. The lowest BCUT2D eigenvalue weighted by atomic mass is 10.1. The minimum Gasteiger partial charge on any atom is -0.496 e. The highest BCUT2D eigenvalue weighted by molar-refractivity contribution is 5.82. The zero-order chi connectivity index (χ0) is 13.0. The number of hydrogen-bond donors (Lipinski definition) is 2. The van der Waals surface area contributed by atoms with Crippen molar-refractivity contribution in [1.82, 2.24) is 10.6 Å². The van der Waals surface area contributed by atoms with Gasteiger partial charge in [0.1, 0.15) is 5.75 Å². The van der Waals surface area contributed by atoms with Crippen LogP contribution < -0.4 is 15.4 Å². The number of methoxy groups -OCH3 is 1. The van der Waals surface area contributed by atoms with Crippen molar-refractivity contribution in [2.75, 3.05) is 13.7 Å². The van der Waals surface area contributed by atoms with Crippen LogP contribution >= 0.6 is 0 Å². The van der Waals surface area contributed by atoms with Gasteiger partial charge in [-0.05, 0) is 32.4 Å². The smallest absolute Gasteiger partial charge is 0.237 e. The Kier molecular flexibility index (Phi) is 4.20. The van der Waals surface area contributed by atoms with Gasteiger partial charge in [-0.15, -0.1) is 0 Å². The van der Waals surface area contributed by atoms with E-state index in [9.17, 15) is 4.79 Å². The van der Waals surface area contributed by atoms with Gasteiger partial charge in [-0.1, -0.05) is 18.2 Å². The van der Waals surface area contributed by atoms with Gasteiger partial charge in [-0.2, -0.15) is 0 Å². The third-order valence-electron chi connectivity index (χ3n) is 3.34. The standard InChI is InChI=1S/C14H20N2O2/c1-10(11-6-3-4-8-13(11)18-2)16-14(17)12-7-5-9-15-12/h3-4,6,8,10,12,15H,5,7,9H2,1-2H3,(H,16,17)/t10-,12?/m1/s1. The van der Waals surface area contributed by atoms with Gasteiger partial charge in [-0.25, -0.2) is 0 Å². The Labute approximate surface area is 108 Å². The first-order valence-electron chi connectivity index (χ1n) is 6.39. The van der Waals surface area contributed by atoms with Crippen LogP contribution in [0.3, 0.4) is 0 Å². The first-order valence-corrected chi connectivity index (χ1v) is 6.39. The Balaban J connectivity index is 2.02. The summed E-state index contributed by atoms with van der Waals surface area (Å²) in [6.07, 6.45) is 1.99. The maximum Gasteiger partial charge on any atom is 0.237 e. The molecular weight excluding hydrogens is 228 g/mol. The van der Waals surface area contributed by atoms with Gasteiger partial charge >= 0.3 is 0 Å². The molecule has 1 unspecified atom stereocenters. The molecule has 1 amide bonds. The number of para-hydroxylation sites is 1.